The van der Waals surface area contributed by atoms with Crippen LogP contribution in [-0.2, 0) is 11.3 Å². The van der Waals surface area contributed by atoms with Crippen LogP contribution < -0.4 is 4.74 Å². The normalized spacial score (nSPS) is 12.2. The molecule has 2 aromatic carbocycles. The van der Waals surface area contributed by atoms with Crippen LogP contribution in [0.4, 0.5) is 0 Å². The monoisotopic (exact) mass is 449 g/mol. The van der Waals surface area contributed by atoms with Crippen LogP contribution in [0.2, 0.25) is 0 Å². The smallest absolute Gasteiger partial charge is 0.227 e. The van der Waals surface area contributed by atoms with Gasteiger partial charge in [0.05, 0.1) is 36.3 Å². The zero-order valence-corrected chi connectivity index (χ0v) is 19.9. The number of rotatable bonds is 13. The van der Waals surface area contributed by atoms with Crippen molar-refractivity contribution in [3.05, 3.63) is 84.1 Å². The zero-order chi connectivity index (χ0) is 23.6. The number of benzene rings is 2. The molecule has 0 bridgehead atoms. The van der Waals surface area contributed by atoms with Gasteiger partial charge < -0.3 is 14.6 Å². The largest absolute Gasteiger partial charge is 0.439 e. The number of hydrogen-bond acceptors (Lipinski definition) is 5. The molecule has 176 valence electrons. The average molecular weight is 450 g/mol. The number of aromatic nitrogens is 2. The maximum Gasteiger partial charge on any atom is 0.227 e. The second-order valence-electron chi connectivity index (χ2n) is 8.25. The summed E-state index contributed by atoms with van der Waals surface area (Å²) in [5.41, 5.74) is 3.98. The van der Waals surface area contributed by atoms with Gasteiger partial charge in [0, 0.05) is 13.1 Å². The molecule has 1 atom stereocenters. The van der Waals surface area contributed by atoms with Gasteiger partial charge in [0.25, 0.3) is 0 Å². The topological polar surface area (TPSA) is 59.8 Å². The first-order chi connectivity index (χ1) is 16.0. The Bertz CT molecular complexity index is 1020. The van der Waals surface area contributed by atoms with E-state index in [4.69, 9.17) is 14.6 Å². The predicted molar refractivity (Wildman–Crippen MR) is 132 cm³/mol. The minimum atomic E-state index is -0.581. The number of aliphatic hydroxyl groups excluding tert-OH is 1. The third-order valence-electron chi connectivity index (χ3n) is 5.28. The van der Waals surface area contributed by atoms with Gasteiger partial charge in [0.2, 0.25) is 5.88 Å². The van der Waals surface area contributed by atoms with Gasteiger partial charge in [0.1, 0.15) is 5.75 Å². The van der Waals surface area contributed by atoms with Crippen molar-refractivity contribution in [3.63, 3.8) is 0 Å². The molecule has 0 amide bonds. The summed E-state index contributed by atoms with van der Waals surface area (Å²) < 4.78 is 13.7. The zero-order valence-electron chi connectivity index (χ0n) is 19.9. The molecule has 1 heterocycles. The van der Waals surface area contributed by atoms with Crippen LogP contribution in [0.25, 0.3) is 5.69 Å². The highest BCUT2D eigenvalue weighted by Gasteiger charge is 2.22. The molecule has 3 aromatic rings. The first-order valence-electron chi connectivity index (χ1n) is 11.5. The fourth-order valence-electron chi connectivity index (χ4n) is 3.77. The van der Waals surface area contributed by atoms with Crippen LogP contribution in [0, 0.1) is 13.8 Å². The third kappa shape index (κ3) is 7.02. The van der Waals surface area contributed by atoms with Crippen LogP contribution in [0.1, 0.15) is 30.2 Å². The first-order valence-corrected chi connectivity index (χ1v) is 11.5. The van der Waals surface area contributed by atoms with Gasteiger partial charge in [-0.05, 0) is 56.6 Å². The molecule has 3 rings (SSSR count). The Morgan fingerprint density at radius 2 is 1.94 bits per heavy atom. The van der Waals surface area contributed by atoms with Crippen molar-refractivity contribution < 1.29 is 14.6 Å². The molecule has 0 spiro atoms. The van der Waals surface area contributed by atoms with Gasteiger partial charge in [-0.25, -0.2) is 4.68 Å². The van der Waals surface area contributed by atoms with Crippen LogP contribution in [0.5, 0.6) is 11.6 Å². The lowest BCUT2D eigenvalue weighted by molar-refractivity contribution is 0.0244. The highest BCUT2D eigenvalue weighted by Crippen LogP contribution is 2.32. The minimum absolute atomic E-state index is 0.279. The van der Waals surface area contributed by atoms with E-state index in [1.807, 2.05) is 73.1 Å². The van der Waals surface area contributed by atoms with E-state index in [0.29, 0.717) is 25.6 Å². The fourth-order valence-corrected chi connectivity index (χ4v) is 3.77. The van der Waals surface area contributed by atoms with E-state index in [0.717, 1.165) is 41.2 Å². The molecule has 33 heavy (non-hydrogen) atoms. The van der Waals surface area contributed by atoms with E-state index >= 15 is 0 Å². The maximum absolute atomic E-state index is 10.5. The lowest BCUT2D eigenvalue weighted by Crippen LogP contribution is -2.35. The lowest BCUT2D eigenvalue weighted by Gasteiger charge is -2.25. The minimum Gasteiger partial charge on any atom is -0.439 e. The Morgan fingerprint density at radius 3 is 2.64 bits per heavy atom. The van der Waals surface area contributed by atoms with E-state index in [1.54, 1.807) is 6.08 Å². The molecule has 0 radical (unpaired) electrons. The molecule has 0 aliphatic carbocycles. The number of hydrogen-bond donors (Lipinski definition) is 1. The van der Waals surface area contributed by atoms with Crippen molar-refractivity contribution in [2.75, 3.05) is 26.3 Å². The van der Waals surface area contributed by atoms with Gasteiger partial charge in [-0.1, -0.05) is 43.3 Å². The number of aryl methyl sites for hydroxylation is 2. The molecular formula is C27H35N3O3. The summed E-state index contributed by atoms with van der Waals surface area (Å²) in [5, 5.41) is 15.3. The molecule has 0 aliphatic heterocycles. The van der Waals surface area contributed by atoms with Crippen LogP contribution >= 0.6 is 0 Å². The first kappa shape index (κ1) is 24.7. The van der Waals surface area contributed by atoms with E-state index in [2.05, 4.69) is 18.4 Å². The SMILES string of the molecule is C=CCOC[C@@H](O)CN(CCC)Cc1c(C)nn(-c2ccccc2)c1Oc1cccc(C)c1. The number of aliphatic hydroxyl groups is 1. The van der Waals surface area contributed by atoms with E-state index in [1.165, 1.54) is 0 Å². The summed E-state index contributed by atoms with van der Waals surface area (Å²) in [6.45, 7) is 12.5. The van der Waals surface area contributed by atoms with Gasteiger partial charge in [0.15, 0.2) is 0 Å². The van der Waals surface area contributed by atoms with Gasteiger partial charge >= 0.3 is 0 Å². The standard InChI is InChI=1S/C27H35N3O3/c1-5-15-29(18-24(31)20-32-16-6-2)19-26-22(4)28-30(23-12-8-7-9-13-23)27(26)33-25-14-10-11-21(3)17-25/h6-14,17,24,31H,2,5,15-16,18-20H2,1,3-4H3/t24-/m0/s1. The summed E-state index contributed by atoms with van der Waals surface area (Å²) in [5.74, 6) is 1.47. The predicted octanol–water partition coefficient (Wildman–Crippen LogP) is 5.06. The lowest BCUT2D eigenvalue weighted by atomic mass is 10.2. The summed E-state index contributed by atoms with van der Waals surface area (Å²) in [4.78, 5) is 2.23. The molecule has 0 saturated carbocycles. The Labute approximate surface area is 197 Å². The molecule has 0 aliphatic rings. The molecule has 0 unspecified atom stereocenters. The highest BCUT2D eigenvalue weighted by molar-refractivity contribution is 5.43. The van der Waals surface area contributed by atoms with E-state index < -0.39 is 6.10 Å². The molecule has 6 heteroatoms. The molecule has 1 N–H and O–H groups in total. The summed E-state index contributed by atoms with van der Waals surface area (Å²) in [7, 11) is 0. The number of ether oxygens (including phenoxy) is 2. The fraction of sp³-hybridized carbons (Fsp3) is 0.370. The van der Waals surface area contributed by atoms with Crippen molar-refractivity contribution in [1.82, 2.24) is 14.7 Å². The van der Waals surface area contributed by atoms with Gasteiger partial charge in [-0.3, -0.25) is 4.90 Å². The van der Waals surface area contributed by atoms with E-state index in [9.17, 15) is 5.11 Å². The number of nitrogens with zero attached hydrogens (tertiary/aromatic N) is 3. The molecule has 1 aromatic heterocycles. The van der Waals surface area contributed by atoms with Crippen LogP contribution in [0.15, 0.2) is 67.3 Å². The summed E-state index contributed by atoms with van der Waals surface area (Å²) in [6, 6.07) is 18.0. The average Bonchev–Trinajstić information content (AvgIpc) is 3.10. The summed E-state index contributed by atoms with van der Waals surface area (Å²) in [6.07, 6.45) is 2.08. The Kier molecular flexibility index (Phi) is 9.24. The van der Waals surface area contributed by atoms with Crippen molar-refractivity contribution in [3.8, 4) is 17.3 Å². The van der Waals surface area contributed by atoms with Gasteiger partial charge in [-0.15, -0.1) is 6.58 Å². The molecule has 0 fully saturated rings. The quantitative estimate of drug-likeness (QED) is 0.292. The maximum atomic E-state index is 10.5. The molecule has 6 nitrogen and oxygen atoms in total. The molecular weight excluding hydrogens is 414 g/mol. The Hall–Kier alpha value is -2.93. The van der Waals surface area contributed by atoms with Gasteiger partial charge in [-0.2, -0.15) is 5.10 Å². The van der Waals surface area contributed by atoms with Crippen molar-refractivity contribution >= 4 is 0 Å². The van der Waals surface area contributed by atoms with Crippen molar-refractivity contribution in [2.24, 2.45) is 0 Å². The Balaban J connectivity index is 1.91. The second kappa shape index (κ2) is 12.3. The van der Waals surface area contributed by atoms with Crippen molar-refractivity contribution in [1.29, 1.82) is 0 Å². The van der Waals surface area contributed by atoms with Crippen LogP contribution in [0.3, 0.4) is 0 Å². The third-order valence-corrected chi connectivity index (χ3v) is 5.28. The number of para-hydroxylation sites is 1. The summed E-state index contributed by atoms with van der Waals surface area (Å²) >= 11 is 0. The highest BCUT2D eigenvalue weighted by atomic mass is 16.5. The van der Waals surface area contributed by atoms with E-state index in [-0.39, 0.29) is 6.61 Å². The molecule has 0 saturated heterocycles. The van der Waals surface area contributed by atoms with Crippen molar-refractivity contribution in [2.45, 2.75) is 39.8 Å². The Morgan fingerprint density at radius 1 is 1.15 bits per heavy atom. The second-order valence-corrected chi connectivity index (χ2v) is 8.25. The van der Waals surface area contributed by atoms with Crippen LogP contribution in [-0.4, -0.2) is 52.2 Å².